The van der Waals surface area contributed by atoms with E-state index >= 15 is 0 Å². The minimum absolute atomic E-state index is 0.146. The van der Waals surface area contributed by atoms with Crippen LogP contribution in [0.2, 0.25) is 0 Å². The first-order valence-corrected chi connectivity index (χ1v) is 8.91. The van der Waals surface area contributed by atoms with Crippen molar-refractivity contribution in [3.63, 3.8) is 0 Å². The van der Waals surface area contributed by atoms with Crippen molar-refractivity contribution < 1.29 is 4.74 Å². The maximum atomic E-state index is 12.3. The predicted octanol–water partition coefficient (Wildman–Crippen LogP) is 1.04. The first-order chi connectivity index (χ1) is 11.1. The van der Waals surface area contributed by atoms with Crippen molar-refractivity contribution in [2.45, 2.75) is 51.7 Å². The standard InChI is InChI=1S/C18H29N3O2/c1-14(2)19-16-4-5-17-15(13-16)3-6-18(22)21(17)8-7-20-9-11-23-12-10-20/h3,6,14,16,19H,4-5,7-13H2,1-2H3/t16-/m0/s1. The Hall–Kier alpha value is -1.17. The van der Waals surface area contributed by atoms with Gasteiger partial charge in [0.1, 0.15) is 0 Å². The summed E-state index contributed by atoms with van der Waals surface area (Å²) < 4.78 is 7.40. The molecular weight excluding hydrogens is 290 g/mol. The van der Waals surface area contributed by atoms with E-state index < -0.39 is 0 Å². The number of hydrogen-bond acceptors (Lipinski definition) is 4. The second kappa shape index (κ2) is 7.60. The van der Waals surface area contributed by atoms with Gasteiger partial charge in [0, 0.05) is 50.0 Å². The average molecular weight is 319 g/mol. The van der Waals surface area contributed by atoms with Crippen molar-refractivity contribution >= 4 is 0 Å². The molecule has 1 saturated heterocycles. The molecule has 0 unspecified atom stereocenters. The minimum atomic E-state index is 0.146. The highest BCUT2D eigenvalue weighted by Crippen LogP contribution is 2.20. The van der Waals surface area contributed by atoms with Gasteiger partial charge in [-0.1, -0.05) is 19.9 Å². The number of aromatic nitrogens is 1. The van der Waals surface area contributed by atoms with E-state index in [1.807, 2.05) is 10.6 Å². The Kier molecular flexibility index (Phi) is 5.51. The fourth-order valence-electron chi connectivity index (χ4n) is 3.75. The molecule has 2 aliphatic rings. The average Bonchev–Trinajstić information content (AvgIpc) is 2.54. The number of fused-ring (bicyclic) bond motifs is 1. The summed E-state index contributed by atoms with van der Waals surface area (Å²) in [5, 5.41) is 3.63. The van der Waals surface area contributed by atoms with Gasteiger partial charge < -0.3 is 14.6 Å². The topological polar surface area (TPSA) is 46.5 Å². The van der Waals surface area contributed by atoms with Crippen molar-refractivity contribution in [1.29, 1.82) is 0 Å². The Balaban J connectivity index is 1.70. The molecule has 3 rings (SSSR count). The maximum absolute atomic E-state index is 12.3. The first-order valence-electron chi connectivity index (χ1n) is 8.91. The fourth-order valence-corrected chi connectivity index (χ4v) is 3.75. The van der Waals surface area contributed by atoms with Gasteiger partial charge in [-0.05, 0) is 24.8 Å². The third-order valence-corrected chi connectivity index (χ3v) is 4.90. The van der Waals surface area contributed by atoms with Crippen LogP contribution in [-0.4, -0.2) is 54.4 Å². The van der Waals surface area contributed by atoms with Crippen LogP contribution in [0.4, 0.5) is 0 Å². The lowest BCUT2D eigenvalue weighted by Gasteiger charge is -2.30. The van der Waals surface area contributed by atoms with Crippen LogP contribution in [0.25, 0.3) is 0 Å². The molecule has 128 valence electrons. The summed E-state index contributed by atoms with van der Waals surface area (Å²) in [7, 11) is 0. The molecule has 0 spiro atoms. The summed E-state index contributed by atoms with van der Waals surface area (Å²) in [6, 6.07) is 4.83. The summed E-state index contributed by atoms with van der Waals surface area (Å²) in [4.78, 5) is 14.7. The Morgan fingerprint density at radius 3 is 2.78 bits per heavy atom. The van der Waals surface area contributed by atoms with Gasteiger partial charge in [-0.15, -0.1) is 0 Å². The Morgan fingerprint density at radius 1 is 1.26 bits per heavy atom. The van der Waals surface area contributed by atoms with E-state index in [1.54, 1.807) is 6.07 Å². The lowest BCUT2D eigenvalue weighted by molar-refractivity contribution is 0.0361. The molecule has 5 nitrogen and oxygen atoms in total. The van der Waals surface area contributed by atoms with Crippen LogP contribution in [0.3, 0.4) is 0 Å². The molecule has 23 heavy (non-hydrogen) atoms. The minimum Gasteiger partial charge on any atom is -0.379 e. The lowest BCUT2D eigenvalue weighted by atomic mass is 9.91. The zero-order valence-electron chi connectivity index (χ0n) is 14.4. The Bertz CT molecular complexity index is 576. The van der Waals surface area contributed by atoms with Gasteiger partial charge in [-0.3, -0.25) is 9.69 Å². The molecule has 1 aromatic heterocycles. The molecule has 0 amide bonds. The number of nitrogens with one attached hydrogen (secondary N) is 1. The van der Waals surface area contributed by atoms with Gasteiger partial charge in [0.15, 0.2) is 0 Å². The fraction of sp³-hybridized carbons (Fsp3) is 0.722. The molecule has 1 aromatic rings. The van der Waals surface area contributed by atoms with E-state index in [4.69, 9.17) is 4.74 Å². The molecule has 0 saturated carbocycles. The monoisotopic (exact) mass is 319 g/mol. The van der Waals surface area contributed by atoms with E-state index in [1.165, 1.54) is 11.3 Å². The zero-order chi connectivity index (χ0) is 16.2. The Morgan fingerprint density at radius 2 is 2.04 bits per heavy atom. The van der Waals surface area contributed by atoms with Crippen molar-refractivity contribution in [1.82, 2.24) is 14.8 Å². The molecule has 2 heterocycles. The molecule has 0 bridgehead atoms. The normalized spacial score (nSPS) is 22.3. The molecule has 1 fully saturated rings. The second-order valence-electron chi connectivity index (χ2n) is 7.01. The van der Waals surface area contributed by atoms with Gasteiger partial charge >= 0.3 is 0 Å². The number of rotatable bonds is 5. The third-order valence-electron chi connectivity index (χ3n) is 4.90. The number of nitrogens with zero attached hydrogens (tertiary/aromatic N) is 2. The molecule has 1 N–H and O–H groups in total. The SMILES string of the molecule is CC(C)N[C@H]1CCc2c(ccc(=O)n2CCN2CCOCC2)C1. The highest BCUT2D eigenvalue weighted by molar-refractivity contribution is 5.25. The van der Waals surface area contributed by atoms with E-state index in [-0.39, 0.29) is 5.56 Å². The van der Waals surface area contributed by atoms with Crippen LogP contribution in [0, 0.1) is 0 Å². The number of morpholine rings is 1. The maximum Gasteiger partial charge on any atom is 0.250 e. The number of hydrogen-bond donors (Lipinski definition) is 1. The smallest absolute Gasteiger partial charge is 0.250 e. The summed E-state index contributed by atoms with van der Waals surface area (Å²) in [6.07, 6.45) is 3.15. The molecule has 1 aliphatic carbocycles. The van der Waals surface area contributed by atoms with Crippen LogP contribution in [0.15, 0.2) is 16.9 Å². The molecule has 5 heteroatoms. The number of ether oxygens (including phenoxy) is 1. The summed E-state index contributed by atoms with van der Waals surface area (Å²) >= 11 is 0. The van der Waals surface area contributed by atoms with Gasteiger partial charge in [-0.2, -0.15) is 0 Å². The van der Waals surface area contributed by atoms with Crippen LogP contribution in [0.5, 0.6) is 0 Å². The van der Waals surface area contributed by atoms with Crippen molar-refractivity contribution in [3.05, 3.63) is 33.7 Å². The first kappa shape index (κ1) is 16.7. The lowest BCUT2D eigenvalue weighted by Crippen LogP contribution is -2.42. The molecule has 1 atom stereocenters. The van der Waals surface area contributed by atoms with Crippen molar-refractivity contribution in [2.75, 3.05) is 32.8 Å². The van der Waals surface area contributed by atoms with Gasteiger partial charge in [0.25, 0.3) is 5.56 Å². The molecular formula is C18H29N3O2. The van der Waals surface area contributed by atoms with Crippen molar-refractivity contribution in [2.24, 2.45) is 0 Å². The van der Waals surface area contributed by atoms with Crippen LogP contribution in [-0.2, 0) is 24.1 Å². The highest BCUT2D eigenvalue weighted by Gasteiger charge is 2.22. The summed E-state index contributed by atoms with van der Waals surface area (Å²) in [6.45, 7) is 9.69. The third kappa shape index (κ3) is 4.22. The molecule has 0 aromatic carbocycles. The van der Waals surface area contributed by atoms with Gasteiger partial charge in [0.2, 0.25) is 0 Å². The van der Waals surface area contributed by atoms with Crippen LogP contribution in [0.1, 0.15) is 31.5 Å². The quantitative estimate of drug-likeness (QED) is 0.881. The zero-order valence-corrected chi connectivity index (χ0v) is 14.4. The van der Waals surface area contributed by atoms with E-state index in [0.717, 1.165) is 58.7 Å². The molecule has 1 aliphatic heterocycles. The highest BCUT2D eigenvalue weighted by atomic mass is 16.5. The number of pyridine rings is 1. The van der Waals surface area contributed by atoms with Gasteiger partial charge in [0.05, 0.1) is 13.2 Å². The van der Waals surface area contributed by atoms with E-state index in [2.05, 4.69) is 24.1 Å². The van der Waals surface area contributed by atoms with E-state index in [9.17, 15) is 4.79 Å². The summed E-state index contributed by atoms with van der Waals surface area (Å²) in [5.74, 6) is 0. The van der Waals surface area contributed by atoms with Crippen LogP contribution < -0.4 is 10.9 Å². The van der Waals surface area contributed by atoms with Crippen LogP contribution >= 0.6 is 0 Å². The van der Waals surface area contributed by atoms with Crippen molar-refractivity contribution in [3.8, 4) is 0 Å². The summed E-state index contributed by atoms with van der Waals surface area (Å²) in [5.41, 5.74) is 2.75. The largest absolute Gasteiger partial charge is 0.379 e. The molecule has 0 radical (unpaired) electrons. The van der Waals surface area contributed by atoms with E-state index in [0.29, 0.717) is 12.1 Å². The van der Waals surface area contributed by atoms with Gasteiger partial charge in [-0.25, -0.2) is 0 Å². The predicted molar refractivity (Wildman–Crippen MR) is 92.0 cm³/mol. The second-order valence-corrected chi connectivity index (χ2v) is 7.01. The Labute approximate surface area is 138 Å².